The topological polar surface area (TPSA) is 86.4 Å². The zero-order valence-corrected chi connectivity index (χ0v) is 18.5. The van der Waals surface area contributed by atoms with E-state index in [1.54, 1.807) is 30.3 Å². The van der Waals surface area contributed by atoms with Crippen molar-refractivity contribution in [1.82, 2.24) is 15.1 Å². The van der Waals surface area contributed by atoms with Gasteiger partial charge in [0.15, 0.2) is 17.2 Å². The molecule has 3 aromatic rings. The summed E-state index contributed by atoms with van der Waals surface area (Å²) >= 11 is 0. The monoisotopic (exact) mass is 475 g/mol. The molecule has 0 radical (unpaired) electrons. The van der Waals surface area contributed by atoms with E-state index in [1.807, 2.05) is 0 Å². The second-order valence-electron chi connectivity index (χ2n) is 8.19. The van der Waals surface area contributed by atoms with E-state index < -0.39 is 17.8 Å². The Bertz CT molecular complexity index is 1160. The number of halogens is 3. The number of amides is 1. The van der Waals surface area contributed by atoms with Gasteiger partial charge in [-0.15, -0.1) is 0 Å². The highest BCUT2D eigenvalue weighted by molar-refractivity contribution is 5.94. The van der Waals surface area contributed by atoms with E-state index in [4.69, 9.17) is 9.15 Å². The second-order valence-corrected chi connectivity index (χ2v) is 8.19. The lowest BCUT2D eigenvalue weighted by Crippen LogP contribution is -2.25. The number of carbonyl (C=O) groups is 2. The molecule has 0 aliphatic heterocycles. The predicted molar refractivity (Wildman–Crippen MR) is 116 cm³/mol. The van der Waals surface area contributed by atoms with Gasteiger partial charge in [-0.05, 0) is 68.7 Å². The Hall–Kier alpha value is -3.56. The van der Waals surface area contributed by atoms with Crippen LogP contribution in [0, 0.1) is 0 Å². The van der Waals surface area contributed by atoms with Gasteiger partial charge < -0.3 is 14.5 Å². The van der Waals surface area contributed by atoms with Crippen LogP contribution < -0.4 is 10.1 Å². The molecule has 34 heavy (non-hydrogen) atoms. The molecule has 2 aromatic heterocycles. The number of Topliss-reactive ketones (excluding diaryl/α,β-unsaturated/α-hetero) is 1. The van der Waals surface area contributed by atoms with E-state index >= 15 is 0 Å². The smallest absolute Gasteiger partial charge is 0.435 e. The number of benzene rings is 1. The number of hydrogen-bond donors (Lipinski definition) is 1. The van der Waals surface area contributed by atoms with Gasteiger partial charge in [0.2, 0.25) is 0 Å². The first-order valence-corrected chi connectivity index (χ1v) is 11.0. The molecule has 0 bridgehead atoms. The Balaban J connectivity index is 1.24. The highest BCUT2D eigenvalue weighted by Gasteiger charge is 2.37. The molecule has 0 saturated heterocycles. The summed E-state index contributed by atoms with van der Waals surface area (Å²) < 4.78 is 51.5. The average Bonchev–Trinajstić information content (AvgIpc) is 3.36. The van der Waals surface area contributed by atoms with Gasteiger partial charge >= 0.3 is 6.18 Å². The van der Waals surface area contributed by atoms with Crippen LogP contribution in [0.5, 0.6) is 5.75 Å². The summed E-state index contributed by atoms with van der Waals surface area (Å²) in [7, 11) is 0. The predicted octanol–water partition coefficient (Wildman–Crippen LogP) is 4.97. The number of rotatable bonds is 10. The van der Waals surface area contributed by atoms with Gasteiger partial charge in [0.1, 0.15) is 18.1 Å². The molecule has 1 amide bonds. The fourth-order valence-corrected chi connectivity index (χ4v) is 3.49. The Morgan fingerprint density at radius 3 is 2.56 bits per heavy atom. The summed E-state index contributed by atoms with van der Waals surface area (Å²) in [4.78, 5) is 23.6. The van der Waals surface area contributed by atoms with Crippen molar-refractivity contribution in [2.24, 2.45) is 0 Å². The minimum absolute atomic E-state index is 0.0349. The van der Waals surface area contributed by atoms with E-state index in [0.717, 1.165) is 18.9 Å². The van der Waals surface area contributed by atoms with Crippen molar-refractivity contribution in [2.45, 2.75) is 51.4 Å². The third-order valence-electron chi connectivity index (χ3n) is 5.46. The van der Waals surface area contributed by atoms with E-state index in [1.165, 1.54) is 17.7 Å². The van der Waals surface area contributed by atoms with E-state index in [9.17, 15) is 22.8 Å². The maximum absolute atomic E-state index is 13.0. The van der Waals surface area contributed by atoms with E-state index in [-0.39, 0.29) is 37.2 Å². The van der Waals surface area contributed by atoms with Gasteiger partial charge in [0.25, 0.3) is 5.91 Å². The summed E-state index contributed by atoms with van der Waals surface area (Å²) in [5.41, 5.74) is 0.310. The van der Waals surface area contributed by atoms with Crippen LogP contribution in [0.1, 0.15) is 70.2 Å². The van der Waals surface area contributed by atoms with Crippen molar-refractivity contribution in [1.29, 1.82) is 0 Å². The van der Waals surface area contributed by atoms with Gasteiger partial charge in [-0.3, -0.25) is 14.3 Å². The molecule has 7 nitrogen and oxygen atoms in total. The lowest BCUT2D eigenvalue weighted by molar-refractivity contribution is -0.141. The number of aryl methyl sites for hydroxylation is 1. The standard InChI is InChI=1S/C24H24F3N3O4/c1-15(31)16-5-7-18(8-6-16)33-14-19-9-10-21(34-19)23(32)28-11-2-12-30-20(17-3-4-17)13-22(29-30)24(25,26)27/h5-10,13,17H,2-4,11-12,14H2,1H3,(H,28,32). The highest BCUT2D eigenvalue weighted by Crippen LogP contribution is 2.42. The van der Waals surface area contributed by atoms with Crippen molar-refractivity contribution in [3.05, 3.63) is 70.9 Å². The maximum atomic E-state index is 13.0. The van der Waals surface area contributed by atoms with Crippen molar-refractivity contribution in [3.8, 4) is 5.75 Å². The fourth-order valence-electron chi connectivity index (χ4n) is 3.49. The average molecular weight is 475 g/mol. The molecule has 0 atom stereocenters. The number of aromatic nitrogens is 2. The molecule has 2 heterocycles. The summed E-state index contributed by atoms with van der Waals surface area (Å²) in [6.07, 6.45) is -2.30. The van der Waals surface area contributed by atoms with Crippen molar-refractivity contribution >= 4 is 11.7 Å². The van der Waals surface area contributed by atoms with Crippen LogP contribution in [-0.2, 0) is 19.3 Å². The molecular formula is C24H24F3N3O4. The van der Waals surface area contributed by atoms with E-state index in [2.05, 4.69) is 10.4 Å². The number of carbonyl (C=O) groups excluding carboxylic acids is 2. The largest absolute Gasteiger partial charge is 0.486 e. The van der Waals surface area contributed by atoms with Gasteiger partial charge in [-0.2, -0.15) is 18.3 Å². The summed E-state index contributed by atoms with van der Waals surface area (Å²) in [5, 5.41) is 6.42. The summed E-state index contributed by atoms with van der Waals surface area (Å²) in [6, 6.07) is 11.0. The molecule has 1 fully saturated rings. The van der Waals surface area contributed by atoms with E-state index in [0.29, 0.717) is 29.2 Å². The molecule has 1 aliphatic carbocycles. The number of nitrogens with one attached hydrogen (secondary N) is 1. The molecule has 4 rings (SSSR count). The third-order valence-corrected chi connectivity index (χ3v) is 5.46. The SMILES string of the molecule is CC(=O)c1ccc(OCc2ccc(C(=O)NCCCn3nc(C(F)(F)F)cc3C3CC3)o2)cc1. The minimum Gasteiger partial charge on any atom is -0.486 e. The first-order valence-electron chi connectivity index (χ1n) is 11.0. The molecule has 0 unspecified atom stereocenters. The Kier molecular flexibility index (Phi) is 6.76. The fraction of sp³-hybridized carbons (Fsp3) is 0.375. The van der Waals surface area contributed by atoms with Gasteiger partial charge in [0.05, 0.1) is 0 Å². The van der Waals surface area contributed by atoms with Crippen LogP contribution in [-0.4, -0.2) is 28.0 Å². The first kappa shape index (κ1) is 23.6. The number of hydrogen-bond acceptors (Lipinski definition) is 5. The molecule has 10 heteroatoms. The number of ketones is 1. The van der Waals surface area contributed by atoms with Gasteiger partial charge in [0, 0.05) is 30.3 Å². The number of alkyl halides is 3. The third kappa shape index (κ3) is 5.86. The summed E-state index contributed by atoms with van der Waals surface area (Å²) in [6.45, 7) is 2.14. The van der Waals surface area contributed by atoms with Crippen molar-refractivity contribution in [2.75, 3.05) is 6.54 Å². The molecule has 1 saturated carbocycles. The van der Waals surface area contributed by atoms with Crippen LogP contribution in [0.4, 0.5) is 13.2 Å². The normalized spacial score (nSPS) is 13.6. The number of ether oxygens (including phenoxy) is 1. The zero-order valence-electron chi connectivity index (χ0n) is 18.5. The van der Waals surface area contributed by atoms with Crippen LogP contribution in [0.3, 0.4) is 0 Å². The lowest BCUT2D eigenvalue weighted by atomic mass is 10.1. The van der Waals surface area contributed by atoms with Crippen LogP contribution in [0.15, 0.2) is 46.9 Å². The van der Waals surface area contributed by atoms with Gasteiger partial charge in [-0.1, -0.05) is 0 Å². The summed E-state index contributed by atoms with van der Waals surface area (Å²) in [5.74, 6) is 0.802. The Morgan fingerprint density at radius 2 is 1.91 bits per heavy atom. The molecular weight excluding hydrogens is 451 g/mol. The van der Waals surface area contributed by atoms with Crippen molar-refractivity contribution in [3.63, 3.8) is 0 Å². The first-order chi connectivity index (χ1) is 16.2. The lowest BCUT2D eigenvalue weighted by Gasteiger charge is -2.07. The molecule has 1 N–H and O–H groups in total. The van der Waals surface area contributed by atoms with Gasteiger partial charge in [-0.25, -0.2) is 0 Å². The minimum atomic E-state index is -4.47. The number of furan rings is 1. The highest BCUT2D eigenvalue weighted by atomic mass is 19.4. The quantitative estimate of drug-likeness (QED) is 0.330. The molecule has 1 aromatic carbocycles. The van der Waals surface area contributed by atoms with Crippen LogP contribution >= 0.6 is 0 Å². The molecule has 180 valence electrons. The second kappa shape index (κ2) is 9.74. The zero-order chi connectivity index (χ0) is 24.3. The number of nitrogens with zero attached hydrogens (tertiary/aromatic N) is 2. The Labute approximate surface area is 193 Å². The Morgan fingerprint density at radius 1 is 1.18 bits per heavy atom. The molecule has 0 spiro atoms. The van der Waals surface area contributed by atoms with Crippen LogP contribution in [0.25, 0.3) is 0 Å². The van der Waals surface area contributed by atoms with Crippen molar-refractivity contribution < 1.29 is 31.9 Å². The van der Waals surface area contributed by atoms with Crippen LogP contribution in [0.2, 0.25) is 0 Å². The maximum Gasteiger partial charge on any atom is 0.435 e. The molecule has 1 aliphatic rings.